The Morgan fingerprint density at radius 2 is 2.06 bits per heavy atom. The number of hydrogen-bond acceptors (Lipinski definition) is 3. The van der Waals surface area contributed by atoms with E-state index >= 15 is 0 Å². The summed E-state index contributed by atoms with van der Waals surface area (Å²) in [6, 6.07) is 0.489. The van der Waals surface area contributed by atoms with Crippen LogP contribution in [-0.2, 0) is 4.79 Å². The Kier molecular flexibility index (Phi) is 5.40. The summed E-state index contributed by atoms with van der Waals surface area (Å²) in [5.74, 6) is 0.178. The van der Waals surface area contributed by atoms with E-state index in [-0.39, 0.29) is 17.9 Å². The van der Waals surface area contributed by atoms with E-state index in [1.165, 1.54) is 0 Å². The number of aliphatic hydroxyl groups excluding tert-OH is 1. The number of hydrogen-bond donors (Lipinski definition) is 2. The van der Waals surface area contributed by atoms with Crippen LogP contribution in [0.15, 0.2) is 0 Å². The first-order valence-electron chi connectivity index (χ1n) is 6.60. The third-order valence-corrected chi connectivity index (χ3v) is 3.99. The molecule has 1 heterocycles. The van der Waals surface area contributed by atoms with E-state index in [1.807, 2.05) is 4.90 Å². The summed E-state index contributed by atoms with van der Waals surface area (Å²) in [4.78, 5) is 13.1. The fourth-order valence-electron chi connectivity index (χ4n) is 2.08. The lowest BCUT2D eigenvalue weighted by molar-refractivity contribution is -0.129. The highest BCUT2D eigenvalue weighted by molar-refractivity contribution is 5.73. The first-order valence-corrected chi connectivity index (χ1v) is 6.60. The highest BCUT2D eigenvalue weighted by Gasteiger charge is 2.25. The second kappa shape index (κ2) is 6.36. The zero-order valence-corrected chi connectivity index (χ0v) is 11.3. The van der Waals surface area contributed by atoms with Crippen molar-refractivity contribution < 1.29 is 9.90 Å². The maximum absolute atomic E-state index is 11.2. The van der Waals surface area contributed by atoms with Crippen molar-refractivity contribution in [2.24, 2.45) is 5.41 Å². The van der Waals surface area contributed by atoms with E-state index < -0.39 is 0 Å². The van der Waals surface area contributed by atoms with Gasteiger partial charge in [-0.2, -0.15) is 0 Å². The van der Waals surface area contributed by atoms with Crippen LogP contribution in [0.1, 0.15) is 40.0 Å². The van der Waals surface area contributed by atoms with Crippen molar-refractivity contribution in [3.63, 3.8) is 0 Å². The van der Waals surface area contributed by atoms with Gasteiger partial charge in [-0.25, -0.2) is 0 Å². The second-order valence-electron chi connectivity index (χ2n) is 5.48. The minimum Gasteiger partial charge on any atom is -0.396 e. The summed E-state index contributed by atoms with van der Waals surface area (Å²) in [5.41, 5.74) is -0.0162. The zero-order chi connectivity index (χ0) is 12.9. The lowest BCUT2D eigenvalue weighted by Gasteiger charge is -2.34. The molecule has 1 aliphatic heterocycles. The Bertz CT molecular complexity index is 244. The minimum absolute atomic E-state index is 0.0162. The van der Waals surface area contributed by atoms with Crippen LogP contribution in [-0.4, -0.2) is 48.2 Å². The molecule has 1 saturated heterocycles. The number of piperidine rings is 1. The van der Waals surface area contributed by atoms with Crippen molar-refractivity contribution >= 4 is 5.91 Å². The minimum atomic E-state index is -0.0162. The van der Waals surface area contributed by atoms with Crippen molar-refractivity contribution in [2.45, 2.75) is 46.1 Å². The molecule has 100 valence electrons. The average Bonchev–Trinajstić information content (AvgIpc) is 2.36. The Labute approximate surface area is 104 Å². The van der Waals surface area contributed by atoms with Gasteiger partial charge >= 0.3 is 0 Å². The molecule has 17 heavy (non-hydrogen) atoms. The lowest BCUT2D eigenvalue weighted by atomic mass is 9.88. The largest absolute Gasteiger partial charge is 0.396 e. The van der Waals surface area contributed by atoms with Gasteiger partial charge < -0.3 is 15.3 Å². The predicted octanol–water partition coefficient (Wildman–Crippen LogP) is 0.995. The Morgan fingerprint density at radius 3 is 2.47 bits per heavy atom. The fraction of sp³-hybridized carbons (Fsp3) is 0.923. The average molecular weight is 242 g/mol. The third-order valence-electron chi connectivity index (χ3n) is 3.99. The molecule has 0 aliphatic carbocycles. The standard InChI is InChI=1S/C13H26N2O2/c1-4-13(3,10-16)9-14-12-5-7-15(8-6-12)11(2)17/h12,14,16H,4-10H2,1-3H3. The summed E-state index contributed by atoms with van der Waals surface area (Å²) in [6.07, 6.45) is 3.01. The van der Waals surface area contributed by atoms with Gasteiger partial charge in [0.2, 0.25) is 5.91 Å². The van der Waals surface area contributed by atoms with Gasteiger partial charge in [-0.15, -0.1) is 0 Å². The van der Waals surface area contributed by atoms with Gasteiger partial charge in [0, 0.05) is 44.6 Å². The quantitative estimate of drug-likeness (QED) is 0.756. The highest BCUT2D eigenvalue weighted by atomic mass is 16.3. The summed E-state index contributed by atoms with van der Waals surface area (Å²) in [5, 5.41) is 12.9. The van der Waals surface area contributed by atoms with E-state index in [0.717, 1.165) is 38.9 Å². The number of carbonyl (C=O) groups is 1. The summed E-state index contributed by atoms with van der Waals surface area (Å²) in [7, 11) is 0. The van der Waals surface area contributed by atoms with E-state index in [4.69, 9.17) is 0 Å². The number of rotatable bonds is 5. The highest BCUT2D eigenvalue weighted by Crippen LogP contribution is 2.20. The molecule has 0 aromatic rings. The van der Waals surface area contributed by atoms with Gasteiger partial charge in [0.1, 0.15) is 0 Å². The van der Waals surface area contributed by atoms with Gasteiger partial charge in [-0.3, -0.25) is 4.79 Å². The van der Waals surface area contributed by atoms with E-state index in [9.17, 15) is 9.90 Å². The number of likely N-dealkylation sites (tertiary alicyclic amines) is 1. The SMILES string of the molecule is CCC(C)(CO)CNC1CCN(C(C)=O)CC1. The molecule has 1 fully saturated rings. The molecule has 0 saturated carbocycles. The summed E-state index contributed by atoms with van der Waals surface area (Å²) in [6.45, 7) is 8.63. The van der Waals surface area contributed by atoms with E-state index in [0.29, 0.717) is 6.04 Å². The Hall–Kier alpha value is -0.610. The van der Waals surface area contributed by atoms with Crippen LogP contribution < -0.4 is 5.32 Å². The molecule has 1 rings (SSSR count). The molecule has 0 spiro atoms. The van der Waals surface area contributed by atoms with Crippen molar-refractivity contribution in [3.8, 4) is 0 Å². The smallest absolute Gasteiger partial charge is 0.219 e. The van der Waals surface area contributed by atoms with Crippen LogP contribution in [0.4, 0.5) is 0 Å². The Balaban J connectivity index is 2.29. The molecule has 1 aliphatic rings. The fourth-order valence-corrected chi connectivity index (χ4v) is 2.08. The van der Waals surface area contributed by atoms with Gasteiger partial charge in [-0.1, -0.05) is 13.8 Å². The topological polar surface area (TPSA) is 52.6 Å². The number of nitrogens with zero attached hydrogens (tertiary/aromatic N) is 1. The van der Waals surface area contributed by atoms with Crippen molar-refractivity contribution in [2.75, 3.05) is 26.2 Å². The van der Waals surface area contributed by atoms with Crippen LogP contribution in [0.25, 0.3) is 0 Å². The first kappa shape index (κ1) is 14.5. The number of carbonyl (C=O) groups excluding carboxylic acids is 1. The van der Waals surface area contributed by atoms with Crippen LogP contribution in [0, 0.1) is 5.41 Å². The van der Waals surface area contributed by atoms with Crippen molar-refractivity contribution in [1.29, 1.82) is 0 Å². The first-order chi connectivity index (χ1) is 8.00. The van der Waals surface area contributed by atoms with Gasteiger partial charge in [0.05, 0.1) is 0 Å². The zero-order valence-electron chi connectivity index (χ0n) is 11.3. The molecule has 1 atom stereocenters. The molecule has 0 radical (unpaired) electrons. The van der Waals surface area contributed by atoms with Crippen LogP contribution in [0.3, 0.4) is 0 Å². The van der Waals surface area contributed by atoms with Crippen molar-refractivity contribution in [1.82, 2.24) is 10.2 Å². The van der Waals surface area contributed by atoms with E-state index in [2.05, 4.69) is 19.2 Å². The number of nitrogens with one attached hydrogen (secondary N) is 1. The van der Waals surface area contributed by atoms with Crippen LogP contribution in [0.2, 0.25) is 0 Å². The molecule has 2 N–H and O–H groups in total. The van der Waals surface area contributed by atoms with Gasteiger partial charge in [0.25, 0.3) is 0 Å². The molecule has 0 aromatic carbocycles. The maximum Gasteiger partial charge on any atom is 0.219 e. The van der Waals surface area contributed by atoms with Crippen LogP contribution in [0.5, 0.6) is 0 Å². The predicted molar refractivity (Wildman–Crippen MR) is 68.8 cm³/mol. The second-order valence-corrected chi connectivity index (χ2v) is 5.48. The molecule has 1 amide bonds. The van der Waals surface area contributed by atoms with Gasteiger partial charge in [0.15, 0.2) is 0 Å². The summed E-state index contributed by atoms with van der Waals surface area (Å²) >= 11 is 0. The molecule has 0 bridgehead atoms. The molecule has 1 unspecified atom stereocenters. The maximum atomic E-state index is 11.2. The monoisotopic (exact) mass is 242 g/mol. The third kappa shape index (κ3) is 4.28. The van der Waals surface area contributed by atoms with E-state index in [1.54, 1.807) is 6.92 Å². The molecule has 0 aromatic heterocycles. The normalized spacial score (nSPS) is 21.3. The van der Waals surface area contributed by atoms with Crippen molar-refractivity contribution in [3.05, 3.63) is 0 Å². The molecular formula is C13H26N2O2. The molecular weight excluding hydrogens is 216 g/mol. The molecule has 4 nitrogen and oxygen atoms in total. The van der Waals surface area contributed by atoms with Crippen LogP contribution >= 0.6 is 0 Å². The molecule has 4 heteroatoms. The Morgan fingerprint density at radius 1 is 1.47 bits per heavy atom. The lowest BCUT2D eigenvalue weighted by Crippen LogP contribution is -2.47. The number of amides is 1. The van der Waals surface area contributed by atoms with Gasteiger partial charge in [-0.05, 0) is 19.3 Å². The summed E-state index contributed by atoms with van der Waals surface area (Å²) < 4.78 is 0. The number of aliphatic hydroxyl groups is 1.